The largest absolute Gasteiger partial charge is 0.494 e. The monoisotopic (exact) mass is 269 g/mol. The van der Waals surface area contributed by atoms with Crippen molar-refractivity contribution in [2.24, 2.45) is 0 Å². The molecule has 0 radical (unpaired) electrons. The van der Waals surface area contributed by atoms with Crippen molar-refractivity contribution in [3.63, 3.8) is 0 Å². The van der Waals surface area contributed by atoms with Gasteiger partial charge in [0, 0.05) is 18.3 Å². The maximum Gasteiger partial charge on any atom is 0.253 e. The number of hydrogen-bond donors (Lipinski definition) is 0. The van der Waals surface area contributed by atoms with Crippen molar-refractivity contribution in [1.82, 2.24) is 9.55 Å². The fraction of sp³-hybridized carbons (Fsp3) is 0.267. The number of rotatable bonds is 5. The van der Waals surface area contributed by atoms with Gasteiger partial charge >= 0.3 is 0 Å². The molecular formula is C15H15N3O2. The third-order valence-electron chi connectivity index (χ3n) is 2.81. The van der Waals surface area contributed by atoms with E-state index in [4.69, 9.17) is 10.00 Å². The van der Waals surface area contributed by atoms with Crippen LogP contribution in [0.15, 0.2) is 41.5 Å². The first kappa shape index (κ1) is 13.8. The van der Waals surface area contributed by atoms with Crippen molar-refractivity contribution in [3.8, 4) is 11.8 Å². The molecule has 0 amide bonds. The summed E-state index contributed by atoms with van der Waals surface area (Å²) in [7, 11) is 0. The van der Waals surface area contributed by atoms with Gasteiger partial charge in [0.1, 0.15) is 5.75 Å². The molecule has 0 spiro atoms. The number of benzene rings is 1. The molecule has 0 aliphatic carbocycles. The lowest BCUT2D eigenvalue weighted by Crippen LogP contribution is -2.21. The zero-order chi connectivity index (χ0) is 14.4. The van der Waals surface area contributed by atoms with Crippen LogP contribution in [0.3, 0.4) is 0 Å². The highest BCUT2D eigenvalue weighted by molar-refractivity contribution is 5.34. The molecule has 5 heteroatoms. The first-order chi connectivity index (χ1) is 9.69. The Morgan fingerprint density at radius 3 is 2.75 bits per heavy atom. The molecule has 0 aliphatic heterocycles. The summed E-state index contributed by atoms with van der Waals surface area (Å²) in [5.74, 6) is 0.721. The van der Waals surface area contributed by atoms with Gasteiger partial charge in [-0.05, 0) is 37.6 Å². The van der Waals surface area contributed by atoms with Crippen molar-refractivity contribution in [2.75, 3.05) is 6.61 Å². The third kappa shape index (κ3) is 3.69. The standard InChI is InChI=1S/C15H15N3O2/c1-12-9-15(19)18(11-17-12)7-2-8-20-14-5-3-13(10-16)4-6-14/h3-6,9,11H,2,7-8H2,1H3. The molecule has 102 valence electrons. The summed E-state index contributed by atoms with van der Waals surface area (Å²) in [5, 5.41) is 8.69. The smallest absolute Gasteiger partial charge is 0.253 e. The number of ether oxygens (including phenoxy) is 1. The molecule has 0 bridgehead atoms. The Hall–Kier alpha value is -2.61. The van der Waals surface area contributed by atoms with Crippen LogP contribution in [0, 0.1) is 18.3 Å². The Morgan fingerprint density at radius 1 is 1.35 bits per heavy atom. The van der Waals surface area contributed by atoms with E-state index in [1.165, 1.54) is 6.07 Å². The first-order valence-corrected chi connectivity index (χ1v) is 6.35. The molecule has 0 fully saturated rings. The van der Waals surface area contributed by atoms with E-state index >= 15 is 0 Å². The highest BCUT2D eigenvalue weighted by atomic mass is 16.5. The quantitative estimate of drug-likeness (QED) is 0.777. The van der Waals surface area contributed by atoms with Crippen LogP contribution in [0.4, 0.5) is 0 Å². The van der Waals surface area contributed by atoms with Crippen LogP contribution in [-0.2, 0) is 6.54 Å². The molecule has 2 aromatic rings. The maximum absolute atomic E-state index is 11.6. The average molecular weight is 269 g/mol. The Balaban J connectivity index is 1.81. The molecule has 0 unspecified atom stereocenters. The van der Waals surface area contributed by atoms with Crippen LogP contribution in [0.2, 0.25) is 0 Å². The van der Waals surface area contributed by atoms with Crippen LogP contribution in [0.1, 0.15) is 17.7 Å². The second kappa shape index (κ2) is 6.53. The van der Waals surface area contributed by atoms with Gasteiger partial charge in [-0.3, -0.25) is 9.36 Å². The lowest BCUT2D eigenvalue weighted by molar-refractivity contribution is 0.300. The topological polar surface area (TPSA) is 67.9 Å². The van der Waals surface area contributed by atoms with E-state index in [1.807, 2.05) is 0 Å². The van der Waals surface area contributed by atoms with Gasteiger partial charge in [0.05, 0.1) is 24.6 Å². The molecule has 1 aromatic heterocycles. The predicted octanol–water partition coefficient (Wildman–Crippen LogP) is 1.89. The van der Waals surface area contributed by atoms with Gasteiger partial charge in [-0.25, -0.2) is 4.98 Å². The van der Waals surface area contributed by atoms with Gasteiger partial charge in [0.25, 0.3) is 5.56 Å². The summed E-state index contributed by atoms with van der Waals surface area (Å²) < 4.78 is 7.11. The van der Waals surface area contributed by atoms with Gasteiger partial charge in [-0.15, -0.1) is 0 Å². The summed E-state index contributed by atoms with van der Waals surface area (Å²) in [6.45, 7) is 2.87. The van der Waals surface area contributed by atoms with Gasteiger partial charge in [0.15, 0.2) is 0 Å². The SMILES string of the molecule is Cc1cc(=O)n(CCCOc2ccc(C#N)cc2)cn1. The van der Waals surface area contributed by atoms with Gasteiger partial charge in [0.2, 0.25) is 0 Å². The Labute approximate surface area is 117 Å². The molecule has 2 rings (SSSR count). The van der Waals surface area contributed by atoms with Crippen molar-refractivity contribution in [1.29, 1.82) is 5.26 Å². The minimum Gasteiger partial charge on any atom is -0.494 e. The Bertz CT molecular complexity index is 669. The highest BCUT2D eigenvalue weighted by Gasteiger charge is 1.98. The summed E-state index contributed by atoms with van der Waals surface area (Å²) >= 11 is 0. The Kier molecular flexibility index (Phi) is 4.51. The van der Waals surface area contributed by atoms with Gasteiger partial charge < -0.3 is 4.74 Å². The minimum absolute atomic E-state index is 0.0455. The van der Waals surface area contributed by atoms with Crippen LogP contribution in [-0.4, -0.2) is 16.2 Å². The van der Waals surface area contributed by atoms with Crippen LogP contribution >= 0.6 is 0 Å². The lowest BCUT2D eigenvalue weighted by Gasteiger charge is -2.07. The number of nitrogens with zero attached hydrogens (tertiary/aromatic N) is 3. The van der Waals surface area contributed by atoms with Crippen molar-refractivity contribution >= 4 is 0 Å². The minimum atomic E-state index is -0.0455. The summed E-state index contributed by atoms with van der Waals surface area (Å²) in [6, 6.07) is 10.5. The third-order valence-corrected chi connectivity index (χ3v) is 2.81. The van der Waals surface area contributed by atoms with Crippen LogP contribution < -0.4 is 10.3 Å². The van der Waals surface area contributed by atoms with Gasteiger partial charge in [-0.1, -0.05) is 0 Å². The molecule has 0 aliphatic rings. The van der Waals surface area contributed by atoms with E-state index in [9.17, 15) is 4.79 Å². The number of aryl methyl sites for hydroxylation is 2. The molecule has 1 aromatic carbocycles. The number of nitriles is 1. The van der Waals surface area contributed by atoms with E-state index in [2.05, 4.69) is 11.1 Å². The van der Waals surface area contributed by atoms with Crippen LogP contribution in [0.5, 0.6) is 5.75 Å². The zero-order valence-corrected chi connectivity index (χ0v) is 11.2. The van der Waals surface area contributed by atoms with E-state index < -0.39 is 0 Å². The Morgan fingerprint density at radius 2 is 2.10 bits per heavy atom. The van der Waals surface area contributed by atoms with E-state index in [-0.39, 0.29) is 5.56 Å². The average Bonchev–Trinajstić information content (AvgIpc) is 2.46. The van der Waals surface area contributed by atoms with Crippen molar-refractivity contribution < 1.29 is 4.74 Å². The molecule has 5 nitrogen and oxygen atoms in total. The molecule has 0 atom stereocenters. The normalized spacial score (nSPS) is 10.0. The van der Waals surface area contributed by atoms with Crippen molar-refractivity contribution in [2.45, 2.75) is 19.9 Å². The summed E-state index contributed by atoms with van der Waals surface area (Å²) in [4.78, 5) is 15.7. The zero-order valence-electron chi connectivity index (χ0n) is 11.2. The van der Waals surface area contributed by atoms with E-state index in [0.717, 1.165) is 11.4 Å². The number of aromatic nitrogens is 2. The number of hydrogen-bond acceptors (Lipinski definition) is 4. The van der Waals surface area contributed by atoms with Gasteiger partial charge in [-0.2, -0.15) is 5.26 Å². The summed E-state index contributed by atoms with van der Waals surface area (Å²) in [6.07, 6.45) is 2.27. The maximum atomic E-state index is 11.6. The molecule has 0 saturated carbocycles. The molecule has 0 saturated heterocycles. The van der Waals surface area contributed by atoms with E-state index in [0.29, 0.717) is 25.1 Å². The first-order valence-electron chi connectivity index (χ1n) is 6.35. The highest BCUT2D eigenvalue weighted by Crippen LogP contribution is 2.11. The molecular weight excluding hydrogens is 254 g/mol. The predicted molar refractivity (Wildman–Crippen MR) is 74.5 cm³/mol. The fourth-order valence-electron chi connectivity index (χ4n) is 1.74. The second-order valence-corrected chi connectivity index (χ2v) is 4.40. The molecule has 0 N–H and O–H groups in total. The van der Waals surface area contributed by atoms with E-state index in [1.54, 1.807) is 42.1 Å². The second-order valence-electron chi connectivity index (χ2n) is 4.40. The fourth-order valence-corrected chi connectivity index (χ4v) is 1.74. The van der Waals surface area contributed by atoms with Crippen LogP contribution in [0.25, 0.3) is 0 Å². The molecule has 1 heterocycles. The molecule has 20 heavy (non-hydrogen) atoms. The lowest BCUT2D eigenvalue weighted by atomic mass is 10.2. The summed E-state index contributed by atoms with van der Waals surface area (Å²) in [5.41, 5.74) is 1.28. The van der Waals surface area contributed by atoms with Crippen molar-refractivity contribution in [3.05, 3.63) is 58.3 Å².